The number of pyridine rings is 2. The molecule has 0 bridgehead atoms. The second-order valence-electron chi connectivity index (χ2n) is 6.92. The van der Waals surface area contributed by atoms with Crippen molar-refractivity contribution in [2.24, 2.45) is 5.92 Å². The van der Waals surface area contributed by atoms with Gasteiger partial charge in [-0.2, -0.15) is 5.10 Å². The number of hydrogen-bond acceptors (Lipinski definition) is 4. The number of rotatable bonds is 3. The van der Waals surface area contributed by atoms with Crippen molar-refractivity contribution in [3.63, 3.8) is 0 Å². The fourth-order valence-electron chi connectivity index (χ4n) is 3.36. The molecule has 6 nitrogen and oxygen atoms in total. The van der Waals surface area contributed by atoms with Gasteiger partial charge in [0, 0.05) is 34.1 Å². The van der Waals surface area contributed by atoms with Gasteiger partial charge in [0.1, 0.15) is 12.0 Å². The number of aryl methyl sites for hydroxylation is 1. The summed E-state index contributed by atoms with van der Waals surface area (Å²) in [5.41, 5.74) is 3.94. The number of fused-ring (bicyclic) bond motifs is 2. The Kier molecular flexibility index (Phi) is 3.43. The number of H-pyrrole nitrogens is 1. The SMILES string of the molecule is Cc1ccc2[nH]ncc2c1-c1cc2cnc(NC(=O)C3CC3F)cc2cn1. The van der Waals surface area contributed by atoms with Crippen LogP contribution in [0.5, 0.6) is 0 Å². The molecule has 1 fully saturated rings. The van der Waals surface area contributed by atoms with Crippen LogP contribution in [0.2, 0.25) is 0 Å². The third-order valence-electron chi connectivity index (χ3n) is 4.99. The zero-order valence-corrected chi connectivity index (χ0v) is 14.5. The normalized spacial score (nSPS) is 18.7. The van der Waals surface area contributed by atoms with Crippen molar-refractivity contribution in [1.29, 1.82) is 0 Å². The quantitative estimate of drug-likeness (QED) is 0.582. The van der Waals surface area contributed by atoms with E-state index in [0.717, 1.165) is 38.5 Å². The molecule has 3 aromatic heterocycles. The summed E-state index contributed by atoms with van der Waals surface area (Å²) in [5, 5.41) is 12.6. The van der Waals surface area contributed by atoms with Gasteiger partial charge >= 0.3 is 0 Å². The summed E-state index contributed by atoms with van der Waals surface area (Å²) in [7, 11) is 0. The van der Waals surface area contributed by atoms with E-state index in [1.165, 1.54) is 0 Å². The number of nitrogens with one attached hydrogen (secondary N) is 2. The maximum Gasteiger partial charge on any atom is 0.231 e. The van der Waals surface area contributed by atoms with E-state index >= 15 is 0 Å². The van der Waals surface area contributed by atoms with Crippen LogP contribution < -0.4 is 5.32 Å². The molecule has 1 aliphatic rings. The minimum Gasteiger partial charge on any atom is -0.310 e. The van der Waals surface area contributed by atoms with Crippen molar-refractivity contribution < 1.29 is 9.18 Å². The van der Waals surface area contributed by atoms with E-state index in [2.05, 4.69) is 25.5 Å². The number of carbonyl (C=O) groups is 1. The van der Waals surface area contributed by atoms with Gasteiger partial charge in [-0.05, 0) is 37.1 Å². The highest BCUT2D eigenvalue weighted by molar-refractivity contribution is 5.98. The van der Waals surface area contributed by atoms with E-state index in [-0.39, 0.29) is 5.91 Å². The molecule has 1 aromatic carbocycles. The number of benzene rings is 1. The van der Waals surface area contributed by atoms with Gasteiger partial charge < -0.3 is 5.32 Å². The molecule has 7 heteroatoms. The molecule has 1 saturated carbocycles. The first-order valence-corrected chi connectivity index (χ1v) is 8.74. The van der Waals surface area contributed by atoms with E-state index in [0.29, 0.717) is 12.2 Å². The van der Waals surface area contributed by atoms with Crippen LogP contribution in [0.1, 0.15) is 12.0 Å². The van der Waals surface area contributed by atoms with Crippen LogP contribution >= 0.6 is 0 Å². The third-order valence-corrected chi connectivity index (χ3v) is 4.99. The zero-order valence-electron chi connectivity index (χ0n) is 14.5. The average molecular weight is 361 g/mol. The summed E-state index contributed by atoms with van der Waals surface area (Å²) in [6, 6.07) is 7.77. The van der Waals surface area contributed by atoms with Gasteiger partial charge in [0.05, 0.1) is 23.3 Å². The lowest BCUT2D eigenvalue weighted by Crippen LogP contribution is -2.15. The summed E-state index contributed by atoms with van der Waals surface area (Å²) in [6.07, 6.45) is 4.53. The Labute approximate surface area is 153 Å². The third kappa shape index (κ3) is 2.71. The number of halogens is 1. The molecule has 0 spiro atoms. The van der Waals surface area contributed by atoms with E-state index in [9.17, 15) is 9.18 Å². The van der Waals surface area contributed by atoms with Gasteiger partial charge in [0.15, 0.2) is 0 Å². The second-order valence-corrected chi connectivity index (χ2v) is 6.92. The second kappa shape index (κ2) is 5.84. The van der Waals surface area contributed by atoms with Crippen molar-refractivity contribution in [3.05, 3.63) is 48.4 Å². The summed E-state index contributed by atoms with van der Waals surface area (Å²) >= 11 is 0. The molecule has 4 aromatic rings. The van der Waals surface area contributed by atoms with Crippen LogP contribution in [0.15, 0.2) is 42.9 Å². The van der Waals surface area contributed by atoms with Crippen molar-refractivity contribution in [3.8, 4) is 11.3 Å². The Hall–Kier alpha value is -3.35. The zero-order chi connectivity index (χ0) is 18.5. The molecule has 1 amide bonds. The van der Waals surface area contributed by atoms with E-state index in [4.69, 9.17) is 0 Å². The highest BCUT2D eigenvalue weighted by atomic mass is 19.1. The average Bonchev–Trinajstić information content (AvgIpc) is 3.21. The topological polar surface area (TPSA) is 83.6 Å². The van der Waals surface area contributed by atoms with Gasteiger partial charge in [0.25, 0.3) is 0 Å². The molecule has 0 aliphatic heterocycles. The number of anilines is 1. The summed E-state index contributed by atoms with van der Waals surface area (Å²) in [6.45, 7) is 2.04. The Bertz CT molecular complexity index is 1200. The maximum atomic E-state index is 13.0. The van der Waals surface area contributed by atoms with Crippen LogP contribution in [-0.4, -0.2) is 32.2 Å². The lowest BCUT2D eigenvalue weighted by Gasteiger charge is -2.09. The monoisotopic (exact) mass is 361 g/mol. The largest absolute Gasteiger partial charge is 0.310 e. The standard InChI is InChI=1S/C20H16FN5O/c1-10-2-3-16-14(9-24-26-16)19(10)17-4-11-8-23-18(5-12(11)7-22-17)25-20(27)13-6-15(13)21/h2-5,7-9,13,15H,6H2,1H3,(H,24,26)(H,23,25,27). The smallest absolute Gasteiger partial charge is 0.231 e. The number of aromatic nitrogens is 4. The van der Waals surface area contributed by atoms with Gasteiger partial charge in [-0.1, -0.05) is 6.07 Å². The van der Waals surface area contributed by atoms with Crippen LogP contribution in [0.3, 0.4) is 0 Å². The first-order valence-electron chi connectivity index (χ1n) is 8.74. The molecule has 27 heavy (non-hydrogen) atoms. The Balaban J connectivity index is 1.52. The summed E-state index contributed by atoms with van der Waals surface area (Å²) < 4.78 is 13.0. The molecule has 2 atom stereocenters. The van der Waals surface area contributed by atoms with Crippen LogP contribution in [0.4, 0.5) is 10.2 Å². The van der Waals surface area contributed by atoms with E-state index in [1.807, 2.05) is 25.1 Å². The minimum absolute atomic E-state index is 0.295. The lowest BCUT2D eigenvalue weighted by molar-refractivity contribution is -0.117. The highest BCUT2D eigenvalue weighted by Gasteiger charge is 2.43. The molecule has 0 radical (unpaired) electrons. The maximum absolute atomic E-state index is 13.0. The van der Waals surface area contributed by atoms with E-state index < -0.39 is 12.1 Å². The molecule has 1 aliphatic carbocycles. The first-order chi connectivity index (χ1) is 13.1. The minimum atomic E-state index is -1.02. The van der Waals surface area contributed by atoms with Gasteiger partial charge in [-0.3, -0.25) is 14.9 Å². The van der Waals surface area contributed by atoms with Crippen LogP contribution in [0.25, 0.3) is 32.9 Å². The van der Waals surface area contributed by atoms with Crippen molar-refractivity contribution >= 4 is 33.4 Å². The van der Waals surface area contributed by atoms with E-state index in [1.54, 1.807) is 24.7 Å². The number of carbonyl (C=O) groups excluding carboxylic acids is 1. The Morgan fingerprint density at radius 1 is 1.19 bits per heavy atom. The number of nitrogens with zero attached hydrogens (tertiary/aromatic N) is 3. The number of amides is 1. The molecular formula is C20H16FN5O. The molecule has 2 N–H and O–H groups in total. The van der Waals surface area contributed by atoms with Gasteiger partial charge in [0.2, 0.25) is 5.91 Å². The van der Waals surface area contributed by atoms with Crippen molar-refractivity contribution in [2.75, 3.05) is 5.32 Å². The number of alkyl halides is 1. The molecule has 134 valence electrons. The fourth-order valence-corrected chi connectivity index (χ4v) is 3.36. The first kappa shape index (κ1) is 15.9. The lowest BCUT2D eigenvalue weighted by atomic mass is 10.00. The number of hydrogen-bond donors (Lipinski definition) is 2. The van der Waals surface area contributed by atoms with Gasteiger partial charge in [-0.15, -0.1) is 0 Å². The molecule has 5 rings (SSSR count). The molecular weight excluding hydrogens is 345 g/mol. The van der Waals surface area contributed by atoms with Crippen molar-refractivity contribution in [1.82, 2.24) is 20.2 Å². The highest BCUT2D eigenvalue weighted by Crippen LogP contribution is 2.35. The summed E-state index contributed by atoms with van der Waals surface area (Å²) in [5.74, 6) is -0.447. The predicted molar refractivity (Wildman–Crippen MR) is 101 cm³/mol. The molecule has 0 saturated heterocycles. The Morgan fingerprint density at radius 2 is 1.96 bits per heavy atom. The molecule has 3 heterocycles. The summed E-state index contributed by atoms with van der Waals surface area (Å²) in [4.78, 5) is 20.8. The van der Waals surface area contributed by atoms with Crippen LogP contribution in [0, 0.1) is 12.8 Å². The Morgan fingerprint density at radius 3 is 2.78 bits per heavy atom. The van der Waals surface area contributed by atoms with Gasteiger partial charge in [-0.25, -0.2) is 9.37 Å². The predicted octanol–water partition coefficient (Wildman–Crippen LogP) is 3.78. The van der Waals surface area contributed by atoms with Crippen molar-refractivity contribution in [2.45, 2.75) is 19.5 Å². The van der Waals surface area contributed by atoms with Crippen LogP contribution in [-0.2, 0) is 4.79 Å². The molecule has 2 unspecified atom stereocenters. The number of aromatic amines is 1. The fraction of sp³-hybridized carbons (Fsp3) is 0.200.